The molecule has 1 amide bonds. The van der Waals surface area contributed by atoms with Crippen LogP contribution in [0.4, 0.5) is 0 Å². The van der Waals surface area contributed by atoms with Gasteiger partial charge in [0.25, 0.3) is 5.91 Å². The second-order valence-corrected chi connectivity index (χ2v) is 4.50. The van der Waals surface area contributed by atoms with E-state index in [0.29, 0.717) is 5.56 Å². The number of nitrogens with zero attached hydrogens (tertiary/aromatic N) is 1. The zero-order chi connectivity index (χ0) is 15.1. The summed E-state index contributed by atoms with van der Waals surface area (Å²) in [5, 5.41) is 17.6. The average Bonchev–Trinajstić information content (AvgIpc) is 2.43. The van der Waals surface area contributed by atoms with Gasteiger partial charge in [0.05, 0.1) is 12.3 Å². The fourth-order valence-corrected chi connectivity index (χ4v) is 1.68. The summed E-state index contributed by atoms with van der Waals surface area (Å²) in [5.74, 6) is -3.17. The van der Waals surface area contributed by atoms with Gasteiger partial charge in [0, 0.05) is 18.7 Å². The Morgan fingerprint density at radius 3 is 2.25 bits per heavy atom. The van der Waals surface area contributed by atoms with E-state index in [0.717, 1.165) is 0 Å². The van der Waals surface area contributed by atoms with E-state index in [-0.39, 0.29) is 25.4 Å². The maximum atomic E-state index is 12.3. The number of rotatable bonds is 7. The Kier molecular flexibility index (Phi) is 5.71. The number of carboxylic acids is 2. The molecule has 0 aliphatic heterocycles. The monoisotopic (exact) mass is 279 g/mol. The second kappa shape index (κ2) is 7.28. The predicted octanol–water partition coefficient (Wildman–Crippen LogP) is 1.32. The van der Waals surface area contributed by atoms with Crippen LogP contribution in [0, 0.1) is 5.92 Å². The molecule has 2 N–H and O–H groups in total. The van der Waals surface area contributed by atoms with Crippen molar-refractivity contribution in [2.24, 2.45) is 5.92 Å². The summed E-state index contributed by atoms with van der Waals surface area (Å²) in [7, 11) is 0. The van der Waals surface area contributed by atoms with E-state index in [1.54, 1.807) is 30.3 Å². The van der Waals surface area contributed by atoms with Crippen LogP contribution in [0.1, 0.15) is 23.7 Å². The Balaban J connectivity index is 2.83. The summed E-state index contributed by atoms with van der Waals surface area (Å²) in [5.41, 5.74) is 0.412. The first-order valence-electron chi connectivity index (χ1n) is 6.20. The zero-order valence-corrected chi connectivity index (χ0v) is 11.2. The third-order valence-corrected chi connectivity index (χ3v) is 2.82. The number of hydrogen-bond donors (Lipinski definition) is 2. The largest absolute Gasteiger partial charge is 0.481 e. The van der Waals surface area contributed by atoms with Crippen LogP contribution in [0.15, 0.2) is 30.3 Å². The third kappa shape index (κ3) is 4.72. The molecule has 0 saturated carbocycles. The molecule has 6 nitrogen and oxygen atoms in total. The highest BCUT2D eigenvalue weighted by molar-refractivity contribution is 5.94. The standard InChI is InChI=1S/C14H17NO5/c1-10(14(19)20)9-15(8-7-12(16)17)13(18)11-5-3-2-4-6-11/h2-6,10H,7-9H2,1H3,(H,16,17)(H,19,20). The maximum absolute atomic E-state index is 12.3. The van der Waals surface area contributed by atoms with Gasteiger partial charge in [0.15, 0.2) is 0 Å². The van der Waals surface area contributed by atoms with Crippen molar-refractivity contribution in [3.63, 3.8) is 0 Å². The van der Waals surface area contributed by atoms with Crippen molar-refractivity contribution in [2.75, 3.05) is 13.1 Å². The molecule has 0 aliphatic carbocycles. The Labute approximate surface area is 116 Å². The fraction of sp³-hybridized carbons (Fsp3) is 0.357. The zero-order valence-electron chi connectivity index (χ0n) is 11.2. The number of hydrogen-bond acceptors (Lipinski definition) is 3. The lowest BCUT2D eigenvalue weighted by Crippen LogP contribution is -2.38. The van der Waals surface area contributed by atoms with Gasteiger partial charge in [0.1, 0.15) is 0 Å². The molecule has 0 bridgehead atoms. The number of carbonyl (C=O) groups excluding carboxylic acids is 1. The highest BCUT2D eigenvalue weighted by atomic mass is 16.4. The lowest BCUT2D eigenvalue weighted by molar-refractivity contribution is -0.141. The Bertz CT molecular complexity index is 486. The van der Waals surface area contributed by atoms with Crippen molar-refractivity contribution in [2.45, 2.75) is 13.3 Å². The summed E-state index contributed by atoms with van der Waals surface area (Å²) in [4.78, 5) is 35.0. The number of aliphatic carboxylic acids is 2. The first-order valence-corrected chi connectivity index (χ1v) is 6.20. The van der Waals surface area contributed by atoms with Crippen molar-refractivity contribution < 1.29 is 24.6 Å². The van der Waals surface area contributed by atoms with Crippen LogP contribution in [0.2, 0.25) is 0 Å². The van der Waals surface area contributed by atoms with Crippen LogP contribution >= 0.6 is 0 Å². The third-order valence-electron chi connectivity index (χ3n) is 2.82. The quantitative estimate of drug-likeness (QED) is 0.785. The Morgan fingerprint density at radius 1 is 1.15 bits per heavy atom. The van der Waals surface area contributed by atoms with E-state index in [9.17, 15) is 14.4 Å². The van der Waals surface area contributed by atoms with E-state index in [1.807, 2.05) is 0 Å². The Morgan fingerprint density at radius 2 is 1.75 bits per heavy atom. The van der Waals surface area contributed by atoms with Gasteiger partial charge in [-0.05, 0) is 12.1 Å². The van der Waals surface area contributed by atoms with Gasteiger partial charge in [-0.3, -0.25) is 14.4 Å². The number of benzene rings is 1. The minimum Gasteiger partial charge on any atom is -0.481 e. The first-order chi connectivity index (χ1) is 9.41. The van der Waals surface area contributed by atoms with Crippen LogP contribution in [0.5, 0.6) is 0 Å². The summed E-state index contributed by atoms with van der Waals surface area (Å²) < 4.78 is 0. The van der Waals surface area contributed by atoms with Gasteiger partial charge in [0.2, 0.25) is 0 Å². The molecule has 6 heteroatoms. The molecule has 0 radical (unpaired) electrons. The van der Waals surface area contributed by atoms with Crippen molar-refractivity contribution in [3.05, 3.63) is 35.9 Å². The highest BCUT2D eigenvalue weighted by Crippen LogP contribution is 2.09. The van der Waals surface area contributed by atoms with Crippen molar-refractivity contribution in [3.8, 4) is 0 Å². The first kappa shape index (κ1) is 15.7. The second-order valence-electron chi connectivity index (χ2n) is 4.50. The molecule has 1 atom stereocenters. The molecular weight excluding hydrogens is 262 g/mol. The smallest absolute Gasteiger partial charge is 0.308 e. The van der Waals surface area contributed by atoms with E-state index < -0.39 is 17.9 Å². The normalized spacial score (nSPS) is 11.7. The van der Waals surface area contributed by atoms with Crippen molar-refractivity contribution in [1.82, 2.24) is 4.90 Å². The molecule has 1 rings (SSSR count). The number of carbonyl (C=O) groups is 3. The lowest BCUT2D eigenvalue weighted by atomic mass is 10.1. The fourth-order valence-electron chi connectivity index (χ4n) is 1.68. The molecule has 0 fully saturated rings. The molecule has 0 heterocycles. The molecule has 1 unspecified atom stereocenters. The SMILES string of the molecule is CC(CN(CCC(=O)O)C(=O)c1ccccc1)C(=O)O. The van der Waals surface area contributed by atoms with Crippen LogP contribution in [-0.4, -0.2) is 46.0 Å². The summed E-state index contributed by atoms with van der Waals surface area (Å²) in [6, 6.07) is 8.38. The number of amides is 1. The van der Waals surface area contributed by atoms with Crippen LogP contribution in [-0.2, 0) is 9.59 Å². The molecular formula is C14H17NO5. The molecule has 1 aromatic carbocycles. The maximum Gasteiger partial charge on any atom is 0.308 e. The van der Waals surface area contributed by atoms with Gasteiger partial charge >= 0.3 is 11.9 Å². The van der Waals surface area contributed by atoms with Crippen molar-refractivity contribution in [1.29, 1.82) is 0 Å². The molecule has 0 spiro atoms. The summed E-state index contributed by atoms with van der Waals surface area (Å²) in [6.45, 7) is 1.45. The molecule has 0 aliphatic rings. The highest BCUT2D eigenvalue weighted by Gasteiger charge is 2.22. The molecule has 108 valence electrons. The van der Waals surface area contributed by atoms with Gasteiger partial charge < -0.3 is 15.1 Å². The van der Waals surface area contributed by atoms with Gasteiger partial charge in [-0.2, -0.15) is 0 Å². The lowest BCUT2D eigenvalue weighted by Gasteiger charge is -2.24. The van der Waals surface area contributed by atoms with E-state index >= 15 is 0 Å². The minimum absolute atomic E-state index is 0.0132. The van der Waals surface area contributed by atoms with E-state index in [1.165, 1.54) is 11.8 Å². The molecule has 1 aromatic rings. The average molecular weight is 279 g/mol. The predicted molar refractivity (Wildman–Crippen MR) is 71.4 cm³/mol. The van der Waals surface area contributed by atoms with E-state index in [4.69, 9.17) is 10.2 Å². The van der Waals surface area contributed by atoms with Gasteiger partial charge in [-0.25, -0.2) is 0 Å². The number of carboxylic acid groups (broad SMARTS) is 2. The van der Waals surface area contributed by atoms with Crippen LogP contribution in [0.3, 0.4) is 0 Å². The Hall–Kier alpha value is -2.37. The minimum atomic E-state index is -1.03. The van der Waals surface area contributed by atoms with Crippen LogP contribution in [0.25, 0.3) is 0 Å². The topological polar surface area (TPSA) is 94.9 Å². The van der Waals surface area contributed by atoms with Crippen LogP contribution < -0.4 is 0 Å². The van der Waals surface area contributed by atoms with Gasteiger partial charge in [-0.15, -0.1) is 0 Å². The molecule has 0 aromatic heterocycles. The molecule has 20 heavy (non-hydrogen) atoms. The summed E-state index contributed by atoms with van der Waals surface area (Å²) in [6.07, 6.45) is -0.217. The van der Waals surface area contributed by atoms with Gasteiger partial charge in [-0.1, -0.05) is 25.1 Å². The molecule has 0 saturated heterocycles. The van der Waals surface area contributed by atoms with Crippen molar-refractivity contribution >= 4 is 17.8 Å². The summed E-state index contributed by atoms with van der Waals surface area (Å²) >= 11 is 0. The van der Waals surface area contributed by atoms with E-state index in [2.05, 4.69) is 0 Å².